The predicted molar refractivity (Wildman–Crippen MR) is 74.9 cm³/mol. The van der Waals surface area contributed by atoms with Gasteiger partial charge >= 0.3 is 0 Å². The molecular formula is C14H21FN2O3. The number of aliphatic hydroxyl groups is 1. The molecule has 0 unspecified atom stereocenters. The van der Waals surface area contributed by atoms with Gasteiger partial charge in [-0.3, -0.25) is 10.1 Å². The first-order valence-electron chi connectivity index (χ1n) is 6.72. The molecule has 112 valence electrons. The number of hydrogen-bond donors (Lipinski definition) is 2. The molecule has 0 saturated heterocycles. The summed E-state index contributed by atoms with van der Waals surface area (Å²) in [5.41, 5.74) is -0.0159. The van der Waals surface area contributed by atoms with E-state index in [1.807, 2.05) is 13.8 Å². The third-order valence-electron chi connectivity index (χ3n) is 3.89. The second-order valence-corrected chi connectivity index (χ2v) is 5.00. The molecule has 0 heterocycles. The summed E-state index contributed by atoms with van der Waals surface area (Å²) < 4.78 is 13.2. The van der Waals surface area contributed by atoms with Crippen LogP contribution in [-0.2, 0) is 6.54 Å². The van der Waals surface area contributed by atoms with Crippen molar-refractivity contribution < 1.29 is 14.4 Å². The average Bonchev–Trinajstić information content (AvgIpc) is 2.44. The molecular weight excluding hydrogens is 263 g/mol. The van der Waals surface area contributed by atoms with E-state index in [1.54, 1.807) is 0 Å². The Hall–Kier alpha value is -1.53. The Morgan fingerprint density at radius 3 is 2.55 bits per heavy atom. The molecule has 0 aliphatic rings. The van der Waals surface area contributed by atoms with Crippen molar-refractivity contribution in [2.45, 2.75) is 33.2 Å². The Labute approximate surface area is 118 Å². The lowest BCUT2D eigenvalue weighted by Gasteiger charge is -2.29. The van der Waals surface area contributed by atoms with Crippen LogP contribution in [-0.4, -0.2) is 23.2 Å². The third kappa shape index (κ3) is 3.98. The molecule has 0 bridgehead atoms. The molecule has 0 aliphatic heterocycles. The van der Waals surface area contributed by atoms with Gasteiger partial charge in [-0.25, -0.2) is 4.39 Å². The van der Waals surface area contributed by atoms with Crippen molar-refractivity contribution in [2.75, 3.05) is 13.2 Å². The zero-order chi connectivity index (χ0) is 15.2. The van der Waals surface area contributed by atoms with Gasteiger partial charge in [0.15, 0.2) is 0 Å². The highest BCUT2D eigenvalue weighted by Crippen LogP contribution is 2.25. The van der Waals surface area contributed by atoms with Gasteiger partial charge in [0.1, 0.15) is 5.82 Å². The summed E-state index contributed by atoms with van der Waals surface area (Å²) in [6.45, 7) is 4.77. The highest BCUT2D eigenvalue weighted by atomic mass is 19.1. The minimum Gasteiger partial charge on any atom is -0.396 e. The Bertz CT molecular complexity index is 453. The lowest BCUT2D eigenvalue weighted by atomic mass is 9.83. The molecule has 5 nitrogen and oxygen atoms in total. The maximum absolute atomic E-state index is 13.2. The molecule has 1 aromatic rings. The fraction of sp³-hybridized carbons (Fsp3) is 0.571. The standard InChI is InChI=1S/C14H21FN2O3/c1-3-14(4-2,10-18)9-16-8-11-7-12(15)5-6-13(11)17(19)20/h5-7,16,18H,3-4,8-10H2,1-2H3. The minimum atomic E-state index is -0.518. The SMILES string of the molecule is CCC(CC)(CO)CNCc1cc(F)ccc1[N+](=O)[O-]. The first kappa shape index (κ1) is 16.5. The van der Waals surface area contributed by atoms with Gasteiger partial charge in [-0.1, -0.05) is 13.8 Å². The fourth-order valence-corrected chi connectivity index (χ4v) is 2.12. The summed E-state index contributed by atoms with van der Waals surface area (Å²) in [6, 6.07) is 3.42. The normalized spacial score (nSPS) is 11.6. The van der Waals surface area contributed by atoms with E-state index in [4.69, 9.17) is 0 Å². The van der Waals surface area contributed by atoms with E-state index in [0.29, 0.717) is 12.1 Å². The molecule has 20 heavy (non-hydrogen) atoms. The van der Waals surface area contributed by atoms with Gasteiger partial charge in [-0.2, -0.15) is 0 Å². The Morgan fingerprint density at radius 2 is 2.05 bits per heavy atom. The van der Waals surface area contributed by atoms with Crippen LogP contribution in [0.1, 0.15) is 32.3 Å². The van der Waals surface area contributed by atoms with Crippen LogP contribution in [0.2, 0.25) is 0 Å². The number of aliphatic hydroxyl groups excluding tert-OH is 1. The second-order valence-electron chi connectivity index (χ2n) is 5.00. The Kier molecular flexibility index (Phi) is 6.04. The Morgan fingerprint density at radius 1 is 1.40 bits per heavy atom. The van der Waals surface area contributed by atoms with Gasteiger partial charge in [0.25, 0.3) is 5.69 Å². The van der Waals surface area contributed by atoms with Crippen LogP contribution in [0.25, 0.3) is 0 Å². The highest BCUT2D eigenvalue weighted by Gasteiger charge is 2.25. The van der Waals surface area contributed by atoms with Crippen molar-refractivity contribution in [1.29, 1.82) is 0 Å². The van der Waals surface area contributed by atoms with Gasteiger partial charge in [-0.05, 0) is 25.0 Å². The summed E-state index contributed by atoms with van der Waals surface area (Å²) in [7, 11) is 0. The van der Waals surface area contributed by atoms with Gasteiger partial charge < -0.3 is 10.4 Å². The van der Waals surface area contributed by atoms with Crippen molar-refractivity contribution in [3.8, 4) is 0 Å². The molecule has 0 saturated carbocycles. The first-order valence-corrected chi connectivity index (χ1v) is 6.72. The van der Waals surface area contributed by atoms with Gasteiger partial charge in [-0.15, -0.1) is 0 Å². The number of nitrogens with zero attached hydrogens (tertiary/aromatic N) is 1. The van der Waals surface area contributed by atoms with Crippen LogP contribution in [0, 0.1) is 21.3 Å². The quantitative estimate of drug-likeness (QED) is 0.568. The smallest absolute Gasteiger partial charge is 0.274 e. The second kappa shape index (κ2) is 7.31. The van der Waals surface area contributed by atoms with Crippen molar-refractivity contribution in [1.82, 2.24) is 5.32 Å². The van der Waals surface area contributed by atoms with Crippen LogP contribution >= 0.6 is 0 Å². The van der Waals surface area contributed by atoms with Crippen LogP contribution in [0.5, 0.6) is 0 Å². The van der Waals surface area contributed by atoms with E-state index in [0.717, 1.165) is 18.9 Å². The molecule has 1 aromatic carbocycles. The number of nitro benzene ring substituents is 1. The lowest BCUT2D eigenvalue weighted by molar-refractivity contribution is -0.385. The molecule has 1 rings (SSSR count). The molecule has 0 aromatic heterocycles. The maximum Gasteiger partial charge on any atom is 0.274 e. The minimum absolute atomic E-state index is 0.0538. The monoisotopic (exact) mass is 284 g/mol. The van der Waals surface area contributed by atoms with E-state index in [2.05, 4.69) is 5.32 Å². The summed E-state index contributed by atoms with van der Waals surface area (Å²) in [4.78, 5) is 10.4. The summed E-state index contributed by atoms with van der Waals surface area (Å²) in [5, 5.41) is 23.4. The largest absolute Gasteiger partial charge is 0.396 e. The van der Waals surface area contributed by atoms with Crippen molar-refractivity contribution in [3.63, 3.8) is 0 Å². The molecule has 6 heteroatoms. The zero-order valence-electron chi connectivity index (χ0n) is 11.9. The van der Waals surface area contributed by atoms with Crippen LogP contribution in [0.4, 0.5) is 10.1 Å². The van der Waals surface area contributed by atoms with Crippen LogP contribution in [0.3, 0.4) is 0 Å². The Balaban J connectivity index is 2.75. The predicted octanol–water partition coefficient (Wildman–Crippen LogP) is 2.62. The van der Waals surface area contributed by atoms with Gasteiger partial charge in [0.2, 0.25) is 0 Å². The number of halogens is 1. The topological polar surface area (TPSA) is 75.4 Å². The van der Waals surface area contributed by atoms with E-state index in [1.165, 1.54) is 12.1 Å². The molecule has 2 N–H and O–H groups in total. The number of benzene rings is 1. The number of rotatable bonds is 8. The van der Waals surface area contributed by atoms with E-state index >= 15 is 0 Å². The molecule has 0 amide bonds. The number of nitrogens with one attached hydrogen (secondary N) is 1. The summed E-state index contributed by atoms with van der Waals surface area (Å²) >= 11 is 0. The summed E-state index contributed by atoms with van der Waals surface area (Å²) in [6.07, 6.45) is 1.61. The highest BCUT2D eigenvalue weighted by molar-refractivity contribution is 5.40. The van der Waals surface area contributed by atoms with E-state index in [9.17, 15) is 19.6 Å². The molecule has 0 aliphatic carbocycles. The van der Waals surface area contributed by atoms with E-state index in [-0.39, 0.29) is 24.3 Å². The van der Waals surface area contributed by atoms with Gasteiger partial charge in [0.05, 0.1) is 4.92 Å². The van der Waals surface area contributed by atoms with Crippen molar-refractivity contribution in [3.05, 3.63) is 39.7 Å². The number of hydrogen-bond acceptors (Lipinski definition) is 4. The molecule has 0 atom stereocenters. The van der Waals surface area contributed by atoms with Crippen LogP contribution < -0.4 is 5.32 Å². The first-order chi connectivity index (χ1) is 9.48. The third-order valence-corrected chi connectivity index (χ3v) is 3.89. The van der Waals surface area contributed by atoms with Gasteiger partial charge in [0, 0.05) is 36.7 Å². The van der Waals surface area contributed by atoms with Crippen molar-refractivity contribution in [2.24, 2.45) is 5.41 Å². The summed E-state index contributed by atoms with van der Waals surface area (Å²) in [5.74, 6) is -0.494. The lowest BCUT2D eigenvalue weighted by Crippen LogP contribution is -2.36. The molecule has 0 fully saturated rings. The zero-order valence-corrected chi connectivity index (χ0v) is 11.9. The van der Waals surface area contributed by atoms with E-state index < -0.39 is 10.7 Å². The van der Waals surface area contributed by atoms with Crippen molar-refractivity contribution >= 4 is 5.69 Å². The number of nitro groups is 1. The maximum atomic E-state index is 13.2. The average molecular weight is 284 g/mol. The van der Waals surface area contributed by atoms with Crippen LogP contribution in [0.15, 0.2) is 18.2 Å². The fourth-order valence-electron chi connectivity index (χ4n) is 2.12. The molecule has 0 spiro atoms. The molecule has 0 radical (unpaired) electrons.